The van der Waals surface area contributed by atoms with Gasteiger partial charge in [-0.1, -0.05) is 18.2 Å². The highest BCUT2D eigenvalue weighted by Crippen LogP contribution is 2.33. The topological polar surface area (TPSA) is 59.4 Å². The van der Waals surface area contributed by atoms with Crippen molar-refractivity contribution in [3.63, 3.8) is 0 Å². The first-order chi connectivity index (χ1) is 11.9. The molecule has 5 nitrogen and oxygen atoms in total. The van der Waals surface area contributed by atoms with Crippen LogP contribution in [0.3, 0.4) is 0 Å². The van der Waals surface area contributed by atoms with E-state index in [1.165, 1.54) is 14.9 Å². The third-order valence-electron chi connectivity index (χ3n) is 4.86. The molecule has 0 amide bonds. The average molecular weight is 354 g/mol. The molecule has 0 saturated carbocycles. The number of pyridine rings is 1. The van der Waals surface area contributed by atoms with Gasteiger partial charge >= 0.3 is 0 Å². The molecule has 0 saturated heterocycles. The molecular weight excluding hydrogens is 336 g/mol. The van der Waals surface area contributed by atoms with Crippen LogP contribution in [0, 0.1) is 6.92 Å². The fourth-order valence-corrected chi connectivity index (χ4v) is 4.98. The van der Waals surface area contributed by atoms with E-state index >= 15 is 0 Å². The maximum atomic E-state index is 13.2. The number of hydrogen-bond acceptors (Lipinski definition) is 3. The fourth-order valence-electron chi connectivity index (χ4n) is 3.45. The smallest absolute Gasteiger partial charge is 0.264 e. The number of nitrogens with zero attached hydrogens (tertiary/aromatic N) is 2. The lowest BCUT2D eigenvalue weighted by Gasteiger charge is -2.20. The predicted molar refractivity (Wildman–Crippen MR) is 98.6 cm³/mol. The van der Waals surface area contributed by atoms with Crippen molar-refractivity contribution >= 4 is 26.6 Å². The number of benzene rings is 2. The number of rotatable bonds is 2. The molecule has 0 unspecified atom stereocenters. The van der Waals surface area contributed by atoms with E-state index in [1.807, 2.05) is 31.2 Å². The minimum atomic E-state index is -3.64. The number of aryl methyl sites for hydroxylation is 2. The van der Waals surface area contributed by atoms with Gasteiger partial charge in [-0.25, -0.2) is 8.42 Å². The van der Waals surface area contributed by atoms with Crippen LogP contribution in [0.1, 0.15) is 11.1 Å². The summed E-state index contributed by atoms with van der Waals surface area (Å²) in [5.74, 6) is 0. The Bertz CT molecular complexity index is 1160. The van der Waals surface area contributed by atoms with Gasteiger partial charge in [-0.2, -0.15) is 0 Å². The van der Waals surface area contributed by atoms with Crippen LogP contribution >= 0.6 is 0 Å². The van der Waals surface area contributed by atoms with Crippen LogP contribution in [0.25, 0.3) is 10.9 Å². The Morgan fingerprint density at radius 1 is 1.04 bits per heavy atom. The molecule has 1 aliphatic rings. The lowest BCUT2D eigenvalue weighted by molar-refractivity contribution is 0.592. The molecule has 3 aromatic rings. The van der Waals surface area contributed by atoms with Crippen molar-refractivity contribution in [1.82, 2.24) is 4.57 Å². The fraction of sp³-hybridized carbons (Fsp3) is 0.211. The van der Waals surface area contributed by atoms with E-state index in [1.54, 1.807) is 25.2 Å². The van der Waals surface area contributed by atoms with E-state index in [-0.39, 0.29) is 10.5 Å². The molecule has 0 bridgehead atoms. The Hall–Kier alpha value is -2.60. The third-order valence-corrected chi connectivity index (χ3v) is 6.67. The van der Waals surface area contributed by atoms with E-state index in [9.17, 15) is 13.2 Å². The first kappa shape index (κ1) is 15.9. The zero-order chi connectivity index (χ0) is 17.8. The van der Waals surface area contributed by atoms with E-state index in [2.05, 4.69) is 0 Å². The number of aromatic nitrogens is 1. The van der Waals surface area contributed by atoms with E-state index in [0.717, 1.165) is 34.1 Å². The maximum Gasteiger partial charge on any atom is 0.264 e. The molecule has 2 heterocycles. The largest absolute Gasteiger partial charge is 0.311 e. The molecule has 1 aromatic heterocycles. The molecule has 0 spiro atoms. The van der Waals surface area contributed by atoms with Gasteiger partial charge in [0.2, 0.25) is 0 Å². The number of hydrogen-bond donors (Lipinski definition) is 0. The van der Waals surface area contributed by atoms with Crippen molar-refractivity contribution in [3.8, 4) is 0 Å². The van der Waals surface area contributed by atoms with Crippen LogP contribution in [0.2, 0.25) is 0 Å². The molecule has 6 heteroatoms. The summed E-state index contributed by atoms with van der Waals surface area (Å²) in [6, 6.07) is 14.1. The summed E-state index contributed by atoms with van der Waals surface area (Å²) in [4.78, 5) is 12.2. The third kappa shape index (κ3) is 2.36. The molecule has 4 rings (SSSR count). The molecule has 0 radical (unpaired) electrons. The van der Waals surface area contributed by atoms with Gasteiger partial charge in [-0.05, 0) is 48.7 Å². The number of fused-ring (bicyclic) bond motifs is 2. The second kappa shape index (κ2) is 5.46. The summed E-state index contributed by atoms with van der Waals surface area (Å²) >= 11 is 0. The Morgan fingerprint density at radius 2 is 1.80 bits per heavy atom. The van der Waals surface area contributed by atoms with Crippen LogP contribution in [0.5, 0.6) is 0 Å². The predicted octanol–water partition coefficient (Wildman–Crippen LogP) is 2.60. The standard InChI is InChI=1S/C19H18N2O3S/c1-13-11-19(22)20(2)18-8-7-15(12-16(13)18)25(23,24)21-10-9-14-5-3-4-6-17(14)21/h3-8,11-12H,9-10H2,1-2H3. The normalized spacial score (nSPS) is 14.1. The molecule has 1 aliphatic heterocycles. The van der Waals surface area contributed by atoms with Crippen molar-refractivity contribution in [2.24, 2.45) is 7.05 Å². The van der Waals surface area contributed by atoms with Crippen molar-refractivity contribution in [2.45, 2.75) is 18.2 Å². The van der Waals surface area contributed by atoms with Crippen LogP contribution < -0.4 is 9.86 Å². The first-order valence-corrected chi connectivity index (χ1v) is 9.54. The summed E-state index contributed by atoms with van der Waals surface area (Å²) in [7, 11) is -1.95. The monoisotopic (exact) mass is 354 g/mol. The van der Waals surface area contributed by atoms with Crippen LogP contribution in [-0.4, -0.2) is 19.5 Å². The molecule has 128 valence electrons. The van der Waals surface area contributed by atoms with E-state index < -0.39 is 10.0 Å². The summed E-state index contributed by atoms with van der Waals surface area (Å²) in [6.45, 7) is 2.28. The summed E-state index contributed by atoms with van der Waals surface area (Å²) in [5, 5.41) is 0.774. The number of anilines is 1. The van der Waals surface area contributed by atoms with Crippen LogP contribution in [0.15, 0.2) is 58.2 Å². The first-order valence-electron chi connectivity index (χ1n) is 8.10. The SMILES string of the molecule is Cc1cc(=O)n(C)c2ccc(S(=O)(=O)N3CCc4ccccc43)cc12. The van der Waals surface area contributed by atoms with Gasteiger partial charge in [-0.15, -0.1) is 0 Å². The van der Waals surface area contributed by atoms with Gasteiger partial charge in [-0.3, -0.25) is 9.10 Å². The minimum absolute atomic E-state index is 0.103. The highest BCUT2D eigenvalue weighted by Gasteiger charge is 2.30. The van der Waals surface area contributed by atoms with Gasteiger partial charge < -0.3 is 4.57 Å². The molecule has 0 fully saturated rings. The van der Waals surface area contributed by atoms with Gasteiger partial charge in [0.15, 0.2) is 0 Å². The summed E-state index contributed by atoms with van der Waals surface area (Å²) < 4.78 is 29.3. The Kier molecular flexibility index (Phi) is 3.47. The highest BCUT2D eigenvalue weighted by atomic mass is 32.2. The lowest BCUT2D eigenvalue weighted by Crippen LogP contribution is -2.29. The Morgan fingerprint density at radius 3 is 2.60 bits per heavy atom. The molecular formula is C19H18N2O3S. The average Bonchev–Trinajstić information content (AvgIpc) is 3.04. The van der Waals surface area contributed by atoms with Crippen LogP contribution in [-0.2, 0) is 23.5 Å². The van der Waals surface area contributed by atoms with Gasteiger partial charge in [0.05, 0.1) is 16.1 Å². The highest BCUT2D eigenvalue weighted by molar-refractivity contribution is 7.92. The van der Waals surface area contributed by atoms with Crippen molar-refractivity contribution in [2.75, 3.05) is 10.8 Å². The quantitative estimate of drug-likeness (QED) is 0.711. The van der Waals surface area contributed by atoms with Crippen molar-refractivity contribution in [3.05, 3.63) is 70.0 Å². The van der Waals surface area contributed by atoms with Crippen molar-refractivity contribution in [1.29, 1.82) is 0 Å². The second-order valence-electron chi connectivity index (χ2n) is 6.36. The number of sulfonamides is 1. The molecule has 2 aromatic carbocycles. The zero-order valence-corrected chi connectivity index (χ0v) is 14.9. The Balaban J connectivity index is 1.89. The van der Waals surface area contributed by atoms with Gasteiger partial charge in [0.25, 0.3) is 15.6 Å². The van der Waals surface area contributed by atoms with Gasteiger partial charge in [0, 0.05) is 25.0 Å². The van der Waals surface area contributed by atoms with Crippen molar-refractivity contribution < 1.29 is 8.42 Å². The molecule has 0 atom stereocenters. The summed E-state index contributed by atoms with van der Waals surface area (Å²) in [6.07, 6.45) is 0.719. The lowest BCUT2D eigenvalue weighted by atomic mass is 10.1. The second-order valence-corrected chi connectivity index (χ2v) is 8.22. The van der Waals surface area contributed by atoms with E-state index in [0.29, 0.717) is 6.54 Å². The minimum Gasteiger partial charge on any atom is -0.311 e. The van der Waals surface area contributed by atoms with Gasteiger partial charge in [0.1, 0.15) is 0 Å². The number of para-hydroxylation sites is 1. The molecule has 0 aliphatic carbocycles. The maximum absolute atomic E-state index is 13.2. The van der Waals surface area contributed by atoms with E-state index in [4.69, 9.17) is 0 Å². The molecule has 25 heavy (non-hydrogen) atoms. The summed E-state index contributed by atoms with van der Waals surface area (Å²) in [5.41, 5.74) is 3.20. The molecule has 0 N–H and O–H groups in total. The Labute approximate surface area is 146 Å². The zero-order valence-electron chi connectivity index (χ0n) is 14.1. The van der Waals surface area contributed by atoms with Crippen LogP contribution in [0.4, 0.5) is 5.69 Å².